The highest BCUT2D eigenvalue weighted by atomic mass is 79.9. The van der Waals surface area contributed by atoms with Gasteiger partial charge in [0.05, 0.1) is 0 Å². The molecule has 0 unspecified atom stereocenters. The fraction of sp³-hybridized carbons (Fsp3) is 0.455. The molecule has 0 atom stereocenters. The average Bonchev–Trinajstić information content (AvgIpc) is 2.68. The molecule has 1 aromatic heterocycles. The minimum Gasteiger partial charge on any atom is -0.480 e. The number of carbonyl (C=O) groups is 2. The Bertz CT molecular complexity index is 405. The van der Waals surface area contributed by atoms with Crippen LogP contribution in [0.2, 0.25) is 0 Å². The molecule has 4 nitrogen and oxygen atoms in total. The van der Waals surface area contributed by atoms with Crippen LogP contribution in [-0.4, -0.2) is 35.0 Å². The number of carbonyl (C=O) groups excluding carboxylic acids is 1. The molecule has 6 heteroatoms. The Hall–Kier alpha value is -0.880. The zero-order valence-electron chi connectivity index (χ0n) is 9.48. The first-order chi connectivity index (χ1) is 8.02. The Kier molecular flexibility index (Phi) is 5.64. The largest absolute Gasteiger partial charge is 0.480 e. The van der Waals surface area contributed by atoms with Gasteiger partial charge in [-0.25, -0.2) is 0 Å². The van der Waals surface area contributed by atoms with Gasteiger partial charge < -0.3 is 10.0 Å². The van der Waals surface area contributed by atoms with Crippen molar-refractivity contribution in [2.45, 2.75) is 19.8 Å². The van der Waals surface area contributed by atoms with Crippen molar-refractivity contribution >= 4 is 39.1 Å². The SMILES string of the molecule is CCN(CC(=O)O)C(=O)CCc1cc(Br)cs1. The van der Waals surface area contributed by atoms with Crippen molar-refractivity contribution in [3.8, 4) is 0 Å². The topological polar surface area (TPSA) is 57.6 Å². The van der Waals surface area contributed by atoms with Gasteiger partial charge in [0.15, 0.2) is 0 Å². The smallest absolute Gasteiger partial charge is 0.323 e. The molecule has 0 saturated heterocycles. The van der Waals surface area contributed by atoms with E-state index in [4.69, 9.17) is 5.11 Å². The Morgan fingerprint density at radius 2 is 2.24 bits per heavy atom. The summed E-state index contributed by atoms with van der Waals surface area (Å²) >= 11 is 4.94. The molecule has 17 heavy (non-hydrogen) atoms. The van der Waals surface area contributed by atoms with Crippen LogP contribution in [0.3, 0.4) is 0 Å². The quantitative estimate of drug-likeness (QED) is 0.875. The van der Waals surface area contributed by atoms with E-state index in [1.165, 1.54) is 4.90 Å². The molecular formula is C11H14BrNO3S. The molecule has 0 aromatic carbocycles. The van der Waals surface area contributed by atoms with Crippen molar-refractivity contribution in [3.63, 3.8) is 0 Å². The number of likely N-dealkylation sites (N-methyl/N-ethyl adjacent to an activating group) is 1. The molecular weight excluding hydrogens is 306 g/mol. The van der Waals surface area contributed by atoms with E-state index >= 15 is 0 Å². The van der Waals surface area contributed by atoms with Crippen LogP contribution in [0.4, 0.5) is 0 Å². The summed E-state index contributed by atoms with van der Waals surface area (Å²) in [5.74, 6) is -1.08. The third-order valence-electron chi connectivity index (χ3n) is 2.27. The number of halogens is 1. The summed E-state index contributed by atoms with van der Waals surface area (Å²) < 4.78 is 1.02. The van der Waals surface area contributed by atoms with Gasteiger partial charge in [0, 0.05) is 27.7 Å². The van der Waals surface area contributed by atoms with Crippen LogP contribution in [-0.2, 0) is 16.0 Å². The van der Waals surface area contributed by atoms with Gasteiger partial charge in [-0.2, -0.15) is 0 Å². The molecule has 1 rings (SSSR count). The lowest BCUT2D eigenvalue weighted by Gasteiger charge is -2.18. The molecule has 1 heterocycles. The average molecular weight is 320 g/mol. The minimum absolute atomic E-state index is 0.112. The van der Waals surface area contributed by atoms with Crippen LogP contribution in [0.1, 0.15) is 18.2 Å². The third-order valence-corrected chi connectivity index (χ3v) is 4.02. The molecule has 1 amide bonds. The molecule has 0 aliphatic carbocycles. The molecule has 0 aliphatic heterocycles. The van der Waals surface area contributed by atoms with Gasteiger partial charge in [0.25, 0.3) is 0 Å². The third kappa shape index (κ3) is 4.87. The maximum absolute atomic E-state index is 11.7. The first-order valence-corrected chi connectivity index (χ1v) is 6.92. The van der Waals surface area contributed by atoms with Gasteiger partial charge in [-0.05, 0) is 35.3 Å². The number of aryl methyl sites for hydroxylation is 1. The number of aliphatic carboxylic acids is 1. The van der Waals surface area contributed by atoms with Crippen molar-refractivity contribution in [1.82, 2.24) is 4.90 Å². The van der Waals surface area contributed by atoms with Crippen LogP contribution >= 0.6 is 27.3 Å². The number of carboxylic acid groups (broad SMARTS) is 1. The second kappa shape index (κ2) is 6.76. The fourth-order valence-corrected chi connectivity index (χ4v) is 2.87. The van der Waals surface area contributed by atoms with E-state index in [0.717, 1.165) is 9.35 Å². The molecule has 0 fully saturated rings. The van der Waals surface area contributed by atoms with E-state index in [1.807, 2.05) is 11.4 Å². The number of rotatable bonds is 6. The molecule has 0 aliphatic rings. The van der Waals surface area contributed by atoms with Gasteiger partial charge >= 0.3 is 5.97 Å². The minimum atomic E-state index is -0.973. The van der Waals surface area contributed by atoms with Gasteiger partial charge in [-0.15, -0.1) is 11.3 Å². The first kappa shape index (κ1) is 14.2. The predicted octanol–water partition coefficient (Wildman–Crippen LogP) is 2.38. The number of amides is 1. The number of thiophene rings is 1. The highest BCUT2D eigenvalue weighted by Crippen LogP contribution is 2.21. The maximum Gasteiger partial charge on any atom is 0.323 e. The Morgan fingerprint density at radius 3 is 2.71 bits per heavy atom. The molecule has 0 spiro atoms. The van der Waals surface area contributed by atoms with Crippen molar-refractivity contribution < 1.29 is 14.7 Å². The Morgan fingerprint density at radius 1 is 1.53 bits per heavy atom. The Labute approximate surface area is 112 Å². The van der Waals surface area contributed by atoms with Crippen LogP contribution in [0.15, 0.2) is 15.9 Å². The van der Waals surface area contributed by atoms with Crippen molar-refractivity contribution in [3.05, 3.63) is 20.8 Å². The number of carboxylic acids is 1. The standard InChI is InChI=1S/C11H14BrNO3S/c1-2-13(6-11(15)16)10(14)4-3-9-5-8(12)7-17-9/h5,7H,2-4,6H2,1H3,(H,15,16). The van der Waals surface area contributed by atoms with Gasteiger partial charge in [0.2, 0.25) is 5.91 Å². The van der Waals surface area contributed by atoms with E-state index in [-0.39, 0.29) is 12.5 Å². The number of nitrogens with zero attached hydrogens (tertiary/aromatic N) is 1. The summed E-state index contributed by atoms with van der Waals surface area (Å²) in [6, 6.07) is 1.98. The second-order valence-corrected chi connectivity index (χ2v) is 5.44. The normalized spacial score (nSPS) is 10.2. The lowest BCUT2D eigenvalue weighted by atomic mass is 10.2. The van der Waals surface area contributed by atoms with E-state index in [9.17, 15) is 9.59 Å². The highest BCUT2D eigenvalue weighted by molar-refractivity contribution is 9.10. The van der Waals surface area contributed by atoms with Crippen LogP contribution < -0.4 is 0 Å². The van der Waals surface area contributed by atoms with E-state index in [1.54, 1.807) is 18.3 Å². The highest BCUT2D eigenvalue weighted by Gasteiger charge is 2.14. The summed E-state index contributed by atoms with van der Waals surface area (Å²) in [6.45, 7) is 1.99. The summed E-state index contributed by atoms with van der Waals surface area (Å²) in [6.07, 6.45) is 1.01. The van der Waals surface area contributed by atoms with Crippen molar-refractivity contribution in [2.75, 3.05) is 13.1 Å². The zero-order valence-corrected chi connectivity index (χ0v) is 11.9. The number of hydrogen-bond donors (Lipinski definition) is 1. The van der Waals surface area contributed by atoms with Crippen LogP contribution in [0.5, 0.6) is 0 Å². The lowest BCUT2D eigenvalue weighted by molar-refractivity contribution is -0.144. The maximum atomic E-state index is 11.7. The predicted molar refractivity (Wildman–Crippen MR) is 70.2 cm³/mol. The van der Waals surface area contributed by atoms with E-state index in [2.05, 4.69) is 15.9 Å². The molecule has 0 bridgehead atoms. The van der Waals surface area contributed by atoms with Crippen LogP contribution in [0.25, 0.3) is 0 Å². The van der Waals surface area contributed by atoms with Gasteiger partial charge in [-0.1, -0.05) is 0 Å². The summed E-state index contributed by atoms with van der Waals surface area (Å²) in [5, 5.41) is 10.6. The van der Waals surface area contributed by atoms with E-state index < -0.39 is 5.97 Å². The second-order valence-electron chi connectivity index (χ2n) is 3.53. The monoisotopic (exact) mass is 319 g/mol. The van der Waals surface area contributed by atoms with Crippen LogP contribution in [0, 0.1) is 0 Å². The summed E-state index contributed by atoms with van der Waals surface area (Å²) in [5.41, 5.74) is 0. The molecule has 94 valence electrons. The molecule has 1 aromatic rings. The molecule has 0 radical (unpaired) electrons. The van der Waals surface area contributed by atoms with Gasteiger partial charge in [0.1, 0.15) is 6.54 Å². The fourth-order valence-electron chi connectivity index (χ4n) is 1.41. The number of hydrogen-bond acceptors (Lipinski definition) is 3. The molecule has 0 saturated carbocycles. The van der Waals surface area contributed by atoms with Gasteiger partial charge in [-0.3, -0.25) is 9.59 Å². The first-order valence-electron chi connectivity index (χ1n) is 5.25. The Balaban J connectivity index is 2.44. The van der Waals surface area contributed by atoms with Crippen molar-refractivity contribution in [1.29, 1.82) is 0 Å². The summed E-state index contributed by atoms with van der Waals surface area (Å²) in [4.78, 5) is 24.8. The summed E-state index contributed by atoms with van der Waals surface area (Å²) in [7, 11) is 0. The van der Waals surface area contributed by atoms with Crippen molar-refractivity contribution in [2.24, 2.45) is 0 Å². The zero-order chi connectivity index (χ0) is 12.8. The lowest BCUT2D eigenvalue weighted by Crippen LogP contribution is -2.35. The molecule has 1 N–H and O–H groups in total. The van der Waals surface area contributed by atoms with E-state index in [0.29, 0.717) is 19.4 Å².